The molecule has 0 saturated carbocycles. The minimum Gasteiger partial charge on any atom is -0.339 e. The van der Waals surface area contributed by atoms with Crippen LogP contribution >= 0.6 is 23.1 Å². The van der Waals surface area contributed by atoms with Crippen molar-refractivity contribution >= 4 is 39.2 Å². The zero-order valence-electron chi connectivity index (χ0n) is 12.9. The maximum absolute atomic E-state index is 12.3. The molecule has 0 spiro atoms. The smallest absolute Gasteiger partial charge is 0.233 e. The van der Waals surface area contributed by atoms with Gasteiger partial charge in [0.15, 0.2) is 0 Å². The fourth-order valence-electron chi connectivity index (χ4n) is 2.47. The van der Waals surface area contributed by atoms with Crippen molar-refractivity contribution in [1.29, 1.82) is 0 Å². The summed E-state index contributed by atoms with van der Waals surface area (Å²) in [4.78, 5) is 25.6. The van der Waals surface area contributed by atoms with Gasteiger partial charge >= 0.3 is 0 Å². The monoisotopic (exact) mass is 336 g/mol. The molecule has 0 aromatic carbocycles. The lowest BCUT2D eigenvalue weighted by Crippen LogP contribution is -2.47. The fourth-order valence-corrected chi connectivity index (χ4v) is 4.49. The van der Waals surface area contributed by atoms with Crippen LogP contribution in [0.5, 0.6) is 0 Å². The van der Waals surface area contributed by atoms with Crippen LogP contribution in [0.1, 0.15) is 17.6 Å². The van der Waals surface area contributed by atoms with Crippen LogP contribution in [-0.2, 0) is 11.2 Å². The molecule has 118 valence electrons. The second-order valence-electron chi connectivity index (χ2n) is 5.28. The Morgan fingerprint density at radius 1 is 1.41 bits per heavy atom. The number of carbonyl (C=O) groups excluding carboxylic acids is 1. The van der Waals surface area contributed by atoms with Gasteiger partial charge in [-0.15, -0.1) is 11.3 Å². The van der Waals surface area contributed by atoms with Crippen LogP contribution in [0, 0.1) is 6.92 Å². The maximum atomic E-state index is 12.3. The molecule has 1 saturated heterocycles. The molecule has 1 N–H and O–H groups in total. The molecule has 2 aromatic rings. The van der Waals surface area contributed by atoms with Gasteiger partial charge in [0.1, 0.15) is 15.7 Å². The van der Waals surface area contributed by atoms with Gasteiger partial charge in [-0.1, -0.05) is 18.7 Å². The number of fused-ring (bicyclic) bond motifs is 1. The van der Waals surface area contributed by atoms with E-state index >= 15 is 0 Å². The highest BCUT2D eigenvalue weighted by Gasteiger charge is 2.18. The van der Waals surface area contributed by atoms with Gasteiger partial charge in [-0.3, -0.25) is 4.79 Å². The summed E-state index contributed by atoms with van der Waals surface area (Å²) in [6, 6.07) is 2.16. The van der Waals surface area contributed by atoms with E-state index in [4.69, 9.17) is 0 Å². The van der Waals surface area contributed by atoms with Crippen LogP contribution in [0.4, 0.5) is 0 Å². The minimum absolute atomic E-state index is 0.196. The summed E-state index contributed by atoms with van der Waals surface area (Å²) in [6.45, 7) is 7.43. The third kappa shape index (κ3) is 3.42. The Labute approximate surface area is 138 Å². The van der Waals surface area contributed by atoms with Crippen LogP contribution in [-0.4, -0.2) is 52.7 Å². The van der Waals surface area contributed by atoms with Crippen molar-refractivity contribution in [3.63, 3.8) is 0 Å². The van der Waals surface area contributed by atoms with Gasteiger partial charge in [0.25, 0.3) is 0 Å². The van der Waals surface area contributed by atoms with E-state index in [1.165, 1.54) is 16.6 Å². The van der Waals surface area contributed by atoms with Crippen molar-refractivity contribution in [2.75, 3.05) is 31.9 Å². The first-order chi connectivity index (χ1) is 10.7. The topological polar surface area (TPSA) is 58.1 Å². The van der Waals surface area contributed by atoms with E-state index in [1.807, 2.05) is 11.8 Å². The van der Waals surface area contributed by atoms with Crippen LogP contribution < -0.4 is 5.32 Å². The quantitative estimate of drug-likeness (QED) is 0.684. The number of thiophene rings is 1. The van der Waals surface area contributed by atoms with E-state index < -0.39 is 0 Å². The lowest BCUT2D eigenvalue weighted by Gasteiger charge is -2.27. The molecule has 0 radical (unpaired) electrons. The molecule has 1 amide bonds. The average molecular weight is 336 g/mol. The van der Waals surface area contributed by atoms with Crippen molar-refractivity contribution in [2.24, 2.45) is 0 Å². The Morgan fingerprint density at radius 3 is 2.91 bits per heavy atom. The molecule has 22 heavy (non-hydrogen) atoms. The number of piperazine rings is 1. The van der Waals surface area contributed by atoms with E-state index in [0.717, 1.165) is 53.7 Å². The lowest BCUT2D eigenvalue weighted by molar-refractivity contribution is -0.128. The Hall–Kier alpha value is -1.18. The van der Waals surface area contributed by atoms with Crippen LogP contribution in [0.3, 0.4) is 0 Å². The summed E-state index contributed by atoms with van der Waals surface area (Å²) in [5, 5.41) is 5.29. The molecular weight excluding hydrogens is 316 g/mol. The van der Waals surface area contributed by atoms with Gasteiger partial charge in [0.2, 0.25) is 5.91 Å². The standard InChI is InChI=1S/C15H20N4OS2/c1-3-11-8-12-14(17-10(2)18-15(12)22-11)21-9-13(20)19-6-4-16-5-7-19/h8,16H,3-7,9H2,1-2H3. The van der Waals surface area contributed by atoms with Crippen molar-refractivity contribution in [1.82, 2.24) is 20.2 Å². The molecular formula is C15H20N4OS2. The molecule has 5 nitrogen and oxygen atoms in total. The van der Waals surface area contributed by atoms with Gasteiger partial charge in [-0.05, 0) is 19.4 Å². The number of thioether (sulfide) groups is 1. The van der Waals surface area contributed by atoms with E-state index in [1.54, 1.807) is 11.3 Å². The fraction of sp³-hybridized carbons (Fsp3) is 0.533. The summed E-state index contributed by atoms with van der Waals surface area (Å²) < 4.78 is 0. The third-order valence-corrected chi connectivity index (χ3v) is 5.82. The first-order valence-electron chi connectivity index (χ1n) is 7.55. The van der Waals surface area contributed by atoms with Gasteiger partial charge < -0.3 is 10.2 Å². The van der Waals surface area contributed by atoms with Crippen molar-refractivity contribution < 1.29 is 4.79 Å². The average Bonchev–Trinajstić information content (AvgIpc) is 2.96. The summed E-state index contributed by atoms with van der Waals surface area (Å²) in [5.41, 5.74) is 0. The zero-order valence-corrected chi connectivity index (χ0v) is 14.5. The molecule has 1 fully saturated rings. The van der Waals surface area contributed by atoms with Gasteiger partial charge in [-0.25, -0.2) is 9.97 Å². The Kier molecular flexibility index (Phi) is 4.95. The number of hydrogen-bond acceptors (Lipinski definition) is 6. The van der Waals surface area contributed by atoms with Crippen molar-refractivity contribution in [3.05, 3.63) is 16.8 Å². The van der Waals surface area contributed by atoms with Crippen LogP contribution in [0.15, 0.2) is 11.1 Å². The highest BCUT2D eigenvalue weighted by Crippen LogP contribution is 2.31. The number of rotatable bonds is 4. The van der Waals surface area contributed by atoms with Gasteiger partial charge in [-0.2, -0.15) is 0 Å². The minimum atomic E-state index is 0.196. The van der Waals surface area contributed by atoms with Crippen LogP contribution in [0.25, 0.3) is 10.2 Å². The van der Waals surface area contributed by atoms with E-state index in [-0.39, 0.29) is 5.91 Å². The molecule has 0 unspecified atom stereocenters. The molecule has 3 rings (SSSR count). The normalized spacial score (nSPS) is 15.5. The number of carbonyl (C=O) groups is 1. The van der Waals surface area contributed by atoms with E-state index in [9.17, 15) is 4.79 Å². The number of nitrogens with zero attached hydrogens (tertiary/aromatic N) is 3. The zero-order chi connectivity index (χ0) is 15.5. The number of aromatic nitrogens is 2. The predicted molar refractivity (Wildman–Crippen MR) is 91.7 cm³/mol. The molecule has 1 aliphatic heterocycles. The Bertz CT molecular complexity index is 679. The summed E-state index contributed by atoms with van der Waals surface area (Å²) in [5.74, 6) is 1.42. The summed E-state index contributed by atoms with van der Waals surface area (Å²) in [7, 11) is 0. The van der Waals surface area contributed by atoms with Crippen LogP contribution in [0.2, 0.25) is 0 Å². The third-order valence-electron chi connectivity index (χ3n) is 3.67. The molecule has 0 aliphatic carbocycles. The summed E-state index contributed by atoms with van der Waals surface area (Å²) >= 11 is 3.25. The second-order valence-corrected chi connectivity index (χ2v) is 7.36. The molecule has 7 heteroatoms. The Balaban J connectivity index is 1.75. The molecule has 0 bridgehead atoms. The molecule has 3 heterocycles. The number of nitrogens with one attached hydrogen (secondary N) is 1. The molecule has 1 aliphatic rings. The highest BCUT2D eigenvalue weighted by atomic mass is 32.2. The van der Waals surface area contributed by atoms with E-state index in [2.05, 4.69) is 28.3 Å². The van der Waals surface area contributed by atoms with Gasteiger partial charge in [0, 0.05) is 36.4 Å². The van der Waals surface area contributed by atoms with Gasteiger partial charge in [0.05, 0.1) is 5.75 Å². The SMILES string of the molecule is CCc1cc2c(SCC(=O)N3CCNCC3)nc(C)nc2s1. The summed E-state index contributed by atoms with van der Waals surface area (Å²) in [6.07, 6.45) is 1.00. The number of aryl methyl sites for hydroxylation is 2. The largest absolute Gasteiger partial charge is 0.339 e. The number of amides is 1. The molecule has 0 atom stereocenters. The first-order valence-corrected chi connectivity index (χ1v) is 9.36. The lowest BCUT2D eigenvalue weighted by atomic mass is 10.3. The number of hydrogen-bond donors (Lipinski definition) is 1. The maximum Gasteiger partial charge on any atom is 0.233 e. The van der Waals surface area contributed by atoms with Crippen molar-refractivity contribution in [2.45, 2.75) is 25.3 Å². The highest BCUT2D eigenvalue weighted by molar-refractivity contribution is 8.00. The van der Waals surface area contributed by atoms with E-state index in [0.29, 0.717) is 5.75 Å². The predicted octanol–water partition coefficient (Wildman–Crippen LogP) is 2.09. The first kappa shape index (κ1) is 15.7. The van der Waals surface area contributed by atoms with Crippen molar-refractivity contribution in [3.8, 4) is 0 Å². The second kappa shape index (κ2) is 6.93. The molecule has 2 aromatic heterocycles. The Morgan fingerprint density at radius 2 is 2.18 bits per heavy atom.